The molecule has 1 N–H and O–H groups in total. The third-order valence-electron chi connectivity index (χ3n) is 5.50. The van der Waals surface area contributed by atoms with Gasteiger partial charge in [0.1, 0.15) is 0 Å². The molecular formula is C19H26N6O3. The van der Waals surface area contributed by atoms with E-state index in [-0.39, 0.29) is 24.2 Å². The highest BCUT2D eigenvalue weighted by Crippen LogP contribution is 2.32. The van der Waals surface area contributed by atoms with Crippen molar-refractivity contribution < 1.29 is 14.2 Å². The van der Waals surface area contributed by atoms with Gasteiger partial charge in [-0.15, -0.1) is 0 Å². The van der Waals surface area contributed by atoms with Crippen LogP contribution in [-0.4, -0.2) is 78.7 Å². The second-order valence-electron chi connectivity index (χ2n) is 7.82. The van der Waals surface area contributed by atoms with Crippen molar-refractivity contribution in [2.75, 3.05) is 57.0 Å². The Kier molecular flexibility index (Phi) is 5.17. The van der Waals surface area contributed by atoms with Gasteiger partial charge >= 0.3 is 0 Å². The van der Waals surface area contributed by atoms with Crippen LogP contribution in [0, 0.1) is 5.92 Å². The molecule has 1 atom stereocenters. The Morgan fingerprint density at radius 1 is 1.25 bits per heavy atom. The van der Waals surface area contributed by atoms with Crippen LogP contribution in [0.5, 0.6) is 0 Å². The molecule has 9 nitrogen and oxygen atoms in total. The molecule has 2 aliphatic heterocycles. The van der Waals surface area contributed by atoms with Crippen molar-refractivity contribution in [3.63, 3.8) is 0 Å². The molecule has 0 bridgehead atoms. The summed E-state index contributed by atoms with van der Waals surface area (Å²) in [4.78, 5) is 31.0. The summed E-state index contributed by atoms with van der Waals surface area (Å²) in [6, 6.07) is 3.80. The van der Waals surface area contributed by atoms with Crippen LogP contribution in [0.2, 0.25) is 0 Å². The summed E-state index contributed by atoms with van der Waals surface area (Å²) in [7, 11) is 3.93. The number of fused-ring (bicyclic) bond motifs is 1. The van der Waals surface area contributed by atoms with Gasteiger partial charge in [-0.2, -0.15) is 0 Å². The van der Waals surface area contributed by atoms with Crippen LogP contribution in [0.3, 0.4) is 0 Å². The third-order valence-corrected chi connectivity index (χ3v) is 5.50. The van der Waals surface area contributed by atoms with Crippen molar-refractivity contribution in [3.8, 4) is 0 Å². The predicted molar refractivity (Wildman–Crippen MR) is 105 cm³/mol. The highest BCUT2D eigenvalue weighted by atomic mass is 16.6. The quantitative estimate of drug-likeness (QED) is 0.796. The maximum Gasteiger partial charge on any atom is 0.229 e. The topological polar surface area (TPSA) is 94.8 Å². The van der Waals surface area contributed by atoms with Crippen molar-refractivity contribution in [2.45, 2.75) is 19.3 Å². The molecule has 2 aliphatic rings. The first kappa shape index (κ1) is 18.7. The fourth-order valence-electron chi connectivity index (χ4n) is 3.89. The van der Waals surface area contributed by atoms with Crippen LogP contribution in [0.25, 0.3) is 11.0 Å². The zero-order valence-electron chi connectivity index (χ0n) is 16.3. The summed E-state index contributed by atoms with van der Waals surface area (Å²) in [6.45, 7) is 3.84. The monoisotopic (exact) mass is 386 g/mol. The first-order valence-corrected chi connectivity index (χ1v) is 9.76. The zero-order valence-corrected chi connectivity index (χ0v) is 16.3. The number of hydrogen-bond acceptors (Lipinski definition) is 7. The minimum Gasteiger partial charge on any atom is -0.370 e. The summed E-state index contributed by atoms with van der Waals surface area (Å²) in [5.74, 6) is -0.499. The maximum absolute atomic E-state index is 12.8. The summed E-state index contributed by atoms with van der Waals surface area (Å²) in [5.41, 5.74) is 2.77. The number of likely N-dealkylation sites (tertiary alicyclic amines) is 1. The molecule has 2 aromatic rings. The second-order valence-corrected chi connectivity index (χ2v) is 7.82. The molecule has 9 heteroatoms. The Morgan fingerprint density at radius 2 is 2.00 bits per heavy atom. The lowest BCUT2D eigenvalue weighted by atomic mass is 10.1. The van der Waals surface area contributed by atoms with E-state index < -0.39 is 0 Å². The van der Waals surface area contributed by atoms with Gasteiger partial charge in [0.05, 0.1) is 17.3 Å². The van der Waals surface area contributed by atoms with E-state index in [2.05, 4.69) is 20.5 Å². The number of benzene rings is 1. The predicted octanol–water partition coefficient (Wildman–Crippen LogP) is 1.17. The van der Waals surface area contributed by atoms with Crippen molar-refractivity contribution >= 4 is 34.2 Å². The largest absolute Gasteiger partial charge is 0.370 e. The molecule has 0 unspecified atom stereocenters. The van der Waals surface area contributed by atoms with E-state index in [1.807, 2.05) is 31.1 Å². The molecule has 2 saturated heterocycles. The van der Waals surface area contributed by atoms with E-state index in [1.165, 1.54) is 0 Å². The number of nitrogens with one attached hydrogen (secondary N) is 1. The number of aromatic nitrogens is 2. The van der Waals surface area contributed by atoms with Crippen LogP contribution in [-0.2, 0) is 9.59 Å². The molecule has 1 aromatic heterocycles. The first-order chi connectivity index (χ1) is 13.5. The Labute approximate surface area is 163 Å². The van der Waals surface area contributed by atoms with Gasteiger partial charge in [-0.25, -0.2) is 4.63 Å². The van der Waals surface area contributed by atoms with Gasteiger partial charge in [0.25, 0.3) is 0 Å². The Bertz CT molecular complexity index is 874. The van der Waals surface area contributed by atoms with Crippen LogP contribution >= 0.6 is 0 Å². The van der Waals surface area contributed by atoms with E-state index in [0.29, 0.717) is 29.8 Å². The van der Waals surface area contributed by atoms with Crippen LogP contribution < -0.4 is 10.2 Å². The van der Waals surface area contributed by atoms with Gasteiger partial charge in [-0.05, 0) is 49.4 Å². The van der Waals surface area contributed by atoms with Crippen molar-refractivity contribution in [3.05, 3.63) is 12.1 Å². The van der Waals surface area contributed by atoms with Crippen molar-refractivity contribution in [2.24, 2.45) is 5.92 Å². The third kappa shape index (κ3) is 3.66. The fraction of sp³-hybridized carbons (Fsp3) is 0.579. The smallest absolute Gasteiger partial charge is 0.229 e. The number of rotatable bonds is 6. The number of carbonyl (C=O) groups is 2. The number of amides is 2. The van der Waals surface area contributed by atoms with E-state index in [9.17, 15) is 9.59 Å². The van der Waals surface area contributed by atoms with E-state index in [4.69, 9.17) is 4.63 Å². The number of hydrogen-bond donors (Lipinski definition) is 1. The maximum atomic E-state index is 12.8. The number of nitrogens with zero attached hydrogens (tertiary/aromatic N) is 5. The van der Waals surface area contributed by atoms with Crippen molar-refractivity contribution in [1.82, 2.24) is 20.1 Å². The lowest BCUT2D eigenvalue weighted by Crippen LogP contribution is -2.34. The molecule has 2 fully saturated rings. The second kappa shape index (κ2) is 7.75. The lowest BCUT2D eigenvalue weighted by molar-refractivity contribution is -0.128. The molecular weight excluding hydrogens is 360 g/mol. The lowest BCUT2D eigenvalue weighted by Gasteiger charge is -2.19. The summed E-state index contributed by atoms with van der Waals surface area (Å²) in [5, 5.41) is 11.0. The van der Waals surface area contributed by atoms with E-state index >= 15 is 0 Å². The highest BCUT2D eigenvalue weighted by molar-refractivity contribution is 6.04. The molecule has 4 rings (SSSR count). The molecule has 1 aromatic carbocycles. The highest BCUT2D eigenvalue weighted by Gasteiger charge is 2.34. The summed E-state index contributed by atoms with van der Waals surface area (Å²) < 4.78 is 4.96. The molecule has 3 heterocycles. The summed E-state index contributed by atoms with van der Waals surface area (Å²) in [6.07, 6.45) is 2.56. The molecule has 0 saturated carbocycles. The SMILES string of the molecule is CN(C)CCN1C[C@@H](C(=O)Nc2ccc(N3CCCC3)c3nonc23)CC1=O. The fourth-order valence-corrected chi connectivity index (χ4v) is 3.89. The van der Waals surface area contributed by atoms with Gasteiger partial charge in [0, 0.05) is 39.1 Å². The Morgan fingerprint density at radius 3 is 2.75 bits per heavy atom. The zero-order chi connectivity index (χ0) is 19.7. The number of carbonyl (C=O) groups excluding carboxylic acids is 2. The van der Waals surface area contributed by atoms with Crippen LogP contribution in [0.4, 0.5) is 11.4 Å². The number of anilines is 2. The van der Waals surface area contributed by atoms with Gasteiger partial charge < -0.3 is 20.0 Å². The molecule has 150 valence electrons. The Balaban J connectivity index is 1.46. The standard InChI is InChI=1S/C19H26N6O3/c1-23(2)9-10-25-12-13(11-16(25)26)19(27)20-14-5-6-15(24-7-3-4-8-24)18-17(14)21-28-22-18/h5-6,13H,3-4,7-12H2,1-2H3,(H,20,27)/t13-/m0/s1. The average Bonchev–Trinajstić information content (AvgIpc) is 3.41. The van der Waals surface area contributed by atoms with E-state index in [1.54, 1.807) is 4.90 Å². The van der Waals surface area contributed by atoms with Gasteiger partial charge in [-0.3, -0.25) is 9.59 Å². The van der Waals surface area contributed by atoms with Crippen molar-refractivity contribution in [1.29, 1.82) is 0 Å². The van der Waals surface area contributed by atoms with Gasteiger partial charge in [0.15, 0.2) is 11.0 Å². The van der Waals surface area contributed by atoms with Gasteiger partial charge in [0.2, 0.25) is 11.8 Å². The Hall–Kier alpha value is -2.68. The van der Waals surface area contributed by atoms with Crippen LogP contribution in [0.15, 0.2) is 16.8 Å². The molecule has 2 amide bonds. The molecule has 0 spiro atoms. The molecule has 0 radical (unpaired) electrons. The van der Waals surface area contributed by atoms with Gasteiger partial charge in [-0.1, -0.05) is 0 Å². The molecule has 0 aliphatic carbocycles. The minimum absolute atomic E-state index is 0.0274. The first-order valence-electron chi connectivity index (χ1n) is 9.76. The average molecular weight is 386 g/mol. The minimum atomic E-state index is -0.358. The van der Waals surface area contributed by atoms with Crippen LogP contribution in [0.1, 0.15) is 19.3 Å². The normalized spacial score (nSPS) is 20.0. The molecule has 28 heavy (non-hydrogen) atoms. The number of likely N-dealkylation sites (N-methyl/N-ethyl adjacent to an activating group) is 1. The summed E-state index contributed by atoms with van der Waals surface area (Å²) >= 11 is 0. The van der Waals surface area contributed by atoms with E-state index in [0.717, 1.165) is 38.2 Å².